The molecule has 0 aromatic heterocycles. The maximum atomic E-state index is 11.7. The molecule has 0 radical (unpaired) electrons. The number of methoxy groups -OCH3 is 3. The van der Waals surface area contributed by atoms with E-state index in [2.05, 4.69) is 11.8 Å². The predicted octanol–water partition coefficient (Wildman–Crippen LogP) is 1.92. The number of ketones is 1. The minimum Gasteiger partial charge on any atom is -0.493 e. The minimum atomic E-state index is -0.285. The number of rotatable bonds is 4. The first-order chi connectivity index (χ1) is 8.17. The Morgan fingerprint density at radius 2 is 1.59 bits per heavy atom. The topological polar surface area (TPSA) is 44.8 Å². The molecule has 0 aliphatic heterocycles. The van der Waals surface area contributed by atoms with Crippen LogP contribution in [0.3, 0.4) is 0 Å². The van der Waals surface area contributed by atoms with Crippen LogP contribution >= 0.6 is 0 Å². The minimum absolute atomic E-state index is 0.285. The smallest absolute Gasteiger partial charge is 0.236 e. The van der Waals surface area contributed by atoms with E-state index < -0.39 is 0 Å². The molecule has 0 saturated heterocycles. The molecule has 0 unspecified atom stereocenters. The van der Waals surface area contributed by atoms with Crippen LogP contribution in [0.2, 0.25) is 0 Å². The second-order valence-corrected chi connectivity index (χ2v) is 3.12. The molecule has 90 valence electrons. The third-order valence-corrected chi connectivity index (χ3v) is 2.17. The predicted molar refractivity (Wildman–Crippen MR) is 63.9 cm³/mol. The Kier molecular flexibility index (Phi) is 4.41. The Morgan fingerprint density at radius 3 is 1.94 bits per heavy atom. The molecule has 0 aliphatic rings. The van der Waals surface area contributed by atoms with E-state index in [4.69, 9.17) is 14.2 Å². The zero-order valence-corrected chi connectivity index (χ0v) is 10.3. The molecular weight excluding hydrogens is 220 g/mol. The van der Waals surface area contributed by atoms with Crippen LogP contribution in [-0.2, 0) is 0 Å². The van der Waals surface area contributed by atoms with Crippen molar-refractivity contribution in [1.29, 1.82) is 0 Å². The van der Waals surface area contributed by atoms with E-state index >= 15 is 0 Å². The summed E-state index contributed by atoms with van der Waals surface area (Å²) in [6, 6.07) is 3.15. The van der Waals surface area contributed by atoms with Crippen molar-refractivity contribution in [2.45, 2.75) is 6.92 Å². The van der Waals surface area contributed by atoms with Crippen LogP contribution < -0.4 is 14.2 Å². The number of carbonyl (C=O) groups is 1. The lowest BCUT2D eigenvalue weighted by atomic mass is 10.1. The molecule has 0 aliphatic carbocycles. The molecule has 0 bridgehead atoms. The quantitative estimate of drug-likeness (QED) is 0.453. The Balaban J connectivity index is 3.35. The molecule has 0 atom stereocenters. The summed E-state index contributed by atoms with van der Waals surface area (Å²) >= 11 is 0. The molecule has 0 fully saturated rings. The highest BCUT2D eigenvalue weighted by Gasteiger charge is 2.15. The highest BCUT2D eigenvalue weighted by atomic mass is 16.5. The van der Waals surface area contributed by atoms with E-state index in [1.165, 1.54) is 21.3 Å². The molecular formula is C13H14O4. The van der Waals surface area contributed by atoms with Crippen molar-refractivity contribution in [3.63, 3.8) is 0 Å². The standard InChI is InChI=1S/C13H14O4/c1-5-6-10(14)9-7-11(15-2)13(17-4)12(8-9)16-3/h7-8H,1-4H3. The summed E-state index contributed by atoms with van der Waals surface area (Å²) in [5, 5.41) is 0. The summed E-state index contributed by atoms with van der Waals surface area (Å²) in [6.45, 7) is 1.61. The summed E-state index contributed by atoms with van der Waals surface area (Å²) < 4.78 is 15.4. The zero-order chi connectivity index (χ0) is 12.8. The monoisotopic (exact) mass is 234 g/mol. The van der Waals surface area contributed by atoms with Crippen LogP contribution in [0.5, 0.6) is 17.2 Å². The van der Waals surface area contributed by atoms with Gasteiger partial charge in [0.2, 0.25) is 11.5 Å². The molecule has 4 nitrogen and oxygen atoms in total. The summed E-state index contributed by atoms with van der Waals surface area (Å²) in [7, 11) is 4.50. The number of benzene rings is 1. The number of Topliss-reactive ketones (excluding diaryl/α,β-unsaturated/α-hetero) is 1. The fourth-order valence-electron chi connectivity index (χ4n) is 1.40. The molecule has 1 aromatic rings. The van der Waals surface area contributed by atoms with E-state index in [1.54, 1.807) is 19.1 Å². The van der Waals surface area contributed by atoms with Crippen molar-refractivity contribution in [3.05, 3.63) is 17.7 Å². The lowest BCUT2D eigenvalue weighted by Gasteiger charge is -2.12. The Labute approximate surface area is 100 Å². The van der Waals surface area contributed by atoms with Crippen molar-refractivity contribution in [2.75, 3.05) is 21.3 Å². The summed E-state index contributed by atoms with van der Waals surface area (Å²) in [6.07, 6.45) is 0. The highest BCUT2D eigenvalue weighted by Crippen LogP contribution is 2.38. The highest BCUT2D eigenvalue weighted by molar-refractivity contribution is 6.09. The normalized spacial score (nSPS) is 8.94. The van der Waals surface area contributed by atoms with Gasteiger partial charge in [-0.15, -0.1) is 0 Å². The average Bonchev–Trinajstić information content (AvgIpc) is 2.37. The van der Waals surface area contributed by atoms with Crippen molar-refractivity contribution in [3.8, 4) is 29.1 Å². The van der Waals surface area contributed by atoms with E-state index in [0.717, 1.165) is 0 Å². The Morgan fingerprint density at radius 1 is 1.06 bits per heavy atom. The second-order valence-electron chi connectivity index (χ2n) is 3.12. The van der Waals surface area contributed by atoms with Crippen molar-refractivity contribution in [2.24, 2.45) is 0 Å². The van der Waals surface area contributed by atoms with Gasteiger partial charge in [-0.05, 0) is 25.0 Å². The van der Waals surface area contributed by atoms with Gasteiger partial charge in [0.05, 0.1) is 21.3 Å². The largest absolute Gasteiger partial charge is 0.493 e. The van der Waals surface area contributed by atoms with E-state index in [-0.39, 0.29) is 5.78 Å². The van der Waals surface area contributed by atoms with Gasteiger partial charge in [0, 0.05) is 5.56 Å². The third-order valence-electron chi connectivity index (χ3n) is 2.17. The van der Waals surface area contributed by atoms with Gasteiger partial charge in [0.25, 0.3) is 0 Å². The van der Waals surface area contributed by atoms with Gasteiger partial charge in [0.15, 0.2) is 11.5 Å². The fourth-order valence-corrected chi connectivity index (χ4v) is 1.40. The molecule has 0 amide bonds. The first kappa shape index (κ1) is 12.9. The van der Waals surface area contributed by atoms with Crippen LogP contribution in [0.4, 0.5) is 0 Å². The van der Waals surface area contributed by atoms with Crippen molar-refractivity contribution >= 4 is 5.78 Å². The molecule has 0 saturated carbocycles. The number of carbonyl (C=O) groups excluding carboxylic acids is 1. The zero-order valence-electron chi connectivity index (χ0n) is 10.3. The number of hydrogen-bond donors (Lipinski definition) is 0. The van der Waals surface area contributed by atoms with Crippen LogP contribution in [0.1, 0.15) is 17.3 Å². The van der Waals surface area contributed by atoms with Gasteiger partial charge in [-0.3, -0.25) is 4.79 Å². The average molecular weight is 234 g/mol. The maximum Gasteiger partial charge on any atom is 0.236 e. The van der Waals surface area contributed by atoms with Crippen LogP contribution in [-0.4, -0.2) is 27.1 Å². The van der Waals surface area contributed by atoms with Crippen LogP contribution in [0.25, 0.3) is 0 Å². The van der Waals surface area contributed by atoms with Gasteiger partial charge in [-0.2, -0.15) is 0 Å². The Hall–Kier alpha value is -2.15. The molecule has 0 heterocycles. The molecule has 1 aromatic carbocycles. The first-order valence-electron chi connectivity index (χ1n) is 4.95. The van der Waals surface area contributed by atoms with Gasteiger partial charge >= 0.3 is 0 Å². The summed E-state index contributed by atoms with van der Waals surface area (Å²) in [4.78, 5) is 11.7. The third kappa shape index (κ3) is 2.70. The lowest BCUT2D eigenvalue weighted by Crippen LogP contribution is -2.00. The SMILES string of the molecule is CC#CC(=O)c1cc(OC)c(OC)c(OC)c1. The Bertz CT molecular complexity index is 455. The van der Waals surface area contributed by atoms with Crippen LogP contribution in [0, 0.1) is 11.8 Å². The molecule has 0 N–H and O–H groups in total. The van der Waals surface area contributed by atoms with E-state index in [0.29, 0.717) is 22.8 Å². The second kappa shape index (κ2) is 5.80. The van der Waals surface area contributed by atoms with Crippen molar-refractivity contribution in [1.82, 2.24) is 0 Å². The molecule has 0 spiro atoms. The van der Waals surface area contributed by atoms with Crippen molar-refractivity contribution < 1.29 is 19.0 Å². The molecule has 17 heavy (non-hydrogen) atoms. The first-order valence-corrected chi connectivity index (χ1v) is 4.95. The van der Waals surface area contributed by atoms with Gasteiger partial charge < -0.3 is 14.2 Å². The van der Waals surface area contributed by atoms with E-state index in [9.17, 15) is 4.79 Å². The van der Waals surface area contributed by atoms with Gasteiger partial charge in [-0.1, -0.05) is 5.92 Å². The summed E-state index contributed by atoms with van der Waals surface area (Å²) in [5.74, 6) is 6.06. The fraction of sp³-hybridized carbons (Fsp3) is 0.308. The van der Waals surface area contributed by atoms with Gasteiger partial charge in [0.1, 0.15) is 0 Å². The molecule has 1 rings (SSSR count). The van der Waals surface area contributed by atoms with Crippen LogP contribution in [0.15, 0.2) is 12.1 Å². The van der Waals surface area contributed by atoms with Gasteiger partial charge in [-0.25, -0.2) is 0 Å². The summed E-state index contributed by atoms with van der Waals surface area (Å²) in [5.41, 5.74) is 0.411. The van der Waals surface area contributed by atoms with E-state index in [1.807, 2.05) is 0 Å². The molecule has 4 heteroatoms. The lowest BCUT2D eigenvalue weighted by molar-refractivity contribution is 0.105. The maximum absolute atomic E-state index is 11.7. The number of hydrogen-bond acceptors (Lipinski definition) is 4. The number of ether oxygens (including phenoxy) is 3.